The summed E-state index contributed by atoms with van der Waals surface area (Å²) in [5.74, 6) is -0.187. The quantitative estimate of drug-likeness (QED) is 0.656. The maximum atomic E-state index is 12.5. The van der Waals surface area contributed by atoms with Gasteiger partial charge in [-0.1, -0.05) is 6.07 Å². The van der Waals surface area contributed by atoms with E-state index in [-0.39, 0.29) is 30.5 Å². The summed E-state index contributed by atoms with van der Waals surface area (Å²) in [7, 11) is -3.69. The number of aliphatic hydroxyl groups excluding tert-OH is 1. The highest BCUT2D eigenvalue weighted by molar-refractivity contribution is 7.89. The number of hydrogen-bond acceptors (Lipinski definition) is 6. The number of aliphatic hydroxyl groups is 1. The van der Waals surface area contributed by atoms with Crippen molar-refractivity contribution in [2.24, 2.45) is 0 Å². The predicted octanol–water partition coefficient (Wildman–Crippen LogP) is 0.0727. The fraction of sp³-hybridized carbons (Fsp3) is 0.556. The lowest BCUT2D eigenvalue weighted by Gasteiger charge is -2.30. The number of nitrogens with one attached hydrogen (secondary N) is 1. The summed E-state index contributed by atoms with van der Waals surface area (Å²) in [6, 6.07) is 4.92. The zero-order valence-electron chi connectivity index (χ0n) is 15.8. The Morgan fingerprint density at radius 1 is 1.32 bits per heavy atom. The first kappa shape index (κ1) is 20.6. The van der Waals surface area contributed by atoms with E-state index in [2.05, 4.69) is 4.72 Å². The van der Waals surface area contributed by atoms with Crippen LogP contribution >= 0.6 is 0 Å². The standard InChI is InChI=1S/C18H25N3O6S/c1-13(22)4-6-19-28(25,26)16-3-2-14-5-7-20(11-15(14)10-16)17(23)12-21-8-9-27-18(21)24/h2-3,10,13,19,22H,4-9,11-12H2,1H3/t13-/m1/s1. The van der Waals surface area contributed by atoms with Gasteiger partial charge in [0.1, 0.15) is 13.2 Å². The minimum atomic E-state index is -3.69. The molecular formula is C18H25N3O6S. The Hall–Kier alpha value is -2.17. The number of hydrogen-bond donors (Lipinski definition) is 2. The molecule has 0 spiro atoms. The Morgan fingerprint density at radius 3 is 2.79 bits per heavy atom. The molecule has 1 aromatic rings. The van der Waals surface area contributed by atoms with E-state index in [1.54, 1.807) is 30.0 Å². The molecule has 2 aliphatic heterocycles. The molecule has 1 saturated heterocycles. The van der Waals surface area contributed by atoms with Gasteiger partial charge in [-0.3, -0.25) is 9.69 Å². The van der Waals surface area contributed by atoms with Crippen molar-refractivity contribution in [2.45, 2.75) is 37.3 Å². The minimum absolute atomic E-state index is 0.0347. The number of rotatable bonds is 7. The van der Waals surface area contributed by atoms with Gasteiger partial charge in [0, 0.05) is 19.6 Å². The molecule has 0 unspecified atom stereocenters. The number of carbonyl (C=O) groups excluding carboxylic acids is 2. The summed E-state index contributed by atoms with van der Waals surface area (Å²) in [5.41, 5.74) is 1.79. The van der Waals surface area contributed by atoms with E-state index in [4.69, 9.17) is 4.74 Å². The van der Waals surface area contributed by atoms with Gasteiger partial charge in [-0.15, -0.1) is 0 Å². The highest BCUT2D eigenvalue weighted by atomic mass is 32.2. The topological polar surface area (TPSA) is 116 Å². The maximum Gasteiger partial charge on any atom is 0.410 e. The Kier molecular flexibility index (Phi) is 6.21. The van der Waals surface area contributed by atoms with Crippen molar-refractivity contribution in [1.82, 2.24) is 14.5 Å². The van der Waals surface area contributed by atoms with Crippen molar-refractivity contribution in [3.63, 3.8) is 0 Å². The number of cyclic esters (lactones) is 1. The lowest BCUT2D eigenvalue weighted by atomic mass is 10.00. The molecule has 2 amide bonds. The van der Waals surface area contributed by atoms with Crippen LogP contribution in [0.5, 0.6) is 0 Å². The Balaban J connectivity index is 1.67. The molecule has 10 heteroatoms. The second-order valence-electron chi connectivity index (χ2n) is 7.07. The lowest BCUT2D eigenvalue weighted by molar-refractivity contribution is -0.132. The Morgan fingerprint density at radius 2 is 2.11 bits per heavy atom. The van der Waals surface area contributed by atoms with Crippen LogP contribution in [0.4, 0.5) is 4.79 Å². The molecule has 0 aliphatic carbocycles. The molecule has 9 nitrogen and oxygen atoms in total. The molecule has 3 rings (SSSR count). The van der Waals surface area contributed by atoms with E-state index in [9.17, 15) is 23.1 Å². The van der Waals surface area contributed by atoms with Crippen LogP contribution in [0, 0.1) is 0 Å². The average molecular weight is 411 g/mol. The number of carbonyl (C=O) groups is 2. The van der Waals surface area contributed by atoms with Crippen LogP contribution in [0.25, 0.3) is 0 Å². The van der Waals surface area contributed by atoms with Gasteiger partial charge in [-0.05, 0) is 43.0 Å². The number of benzene rings is 1. The van der Waals surface area contributed by atoms with E-state index in [1.807, 2.05) is 0 Å². The van der Waals surface area contributed by atoms with Crippen LogP contribution in [-0.2, 0) is 32.5 Å². The van der Waals surface area contributed by atoms with E-state index in [0.717, 1.165) is 11.1 Å². The third kappa shape index (κ3) is 4.81. The van der Waals surface area contributed by atoms with E-state index in [0.29, 0.717) is 32.5 Å². The minimum Gasteiger partial charge on any atom is -0.448 e. The molecule has 0 saturated carbocycles. The molecule has 0 radical (unpaired) electrons. The molecule has 0 bridgehead atoms. The second-order valence-corrected chi connectivity index (χ2v) is 8.83. The van der Waals surface area contributed by atoms with Gasteiger partial charge in [0.25, 0.3) is 0 Å². The number of ether oxygens (including phenoxy) is 1. The summed E-state index contributed by atoms with van der Waals surface area (Å²) < 4.78 is 32.2. The second kappa shape index (κ2) is 8.46. The first-order valence-electron chi connectivity index (χ1n) is 9.25. The summed E-state index contributed by atoms with van der Waals surface area (Å²) in [6.07, 6.45) is -0.117. The smallest absolute Gasteiger partial charge is 0.410 e. The van der Waals surface area contributed by atoms with Gasteiger partial charge in [0.15, 0.2) is 0 Å². The van der Waals surface area contributed by atoms with Crippen LogP contribution in [0.1, 0.15) is 24.5 Å². The monoisotopic (exact) mass is 411 g/mol. The van der Waals surface area contributed by atoms with E-state index >= 15 is 0 Å². The first-order chi connectivity index (χ1) is 13.3. The first-order valence-corrected chi connectivity index (χ1v) is 10.7. The highest BCUT2D eigenvalue weighted by Gasteiger charge is 2.28. The third-order valence-corrected chi connectivity index (χ3v) is 6.34. The van der Waals surface area contributed by atoms with Crippen LogP contribution in [0.15, 0.2) is 23.1 Å². The lowest BCUT2D eigenvalue weighted by Crippen LogP contribution is -2.43. The fourth-order valence-corrected chi connectivity index (χ4v) is 4.33. The van der Waals surface area contributed by atoms with Gasteiger partial charge in [0.2, 0.25) is 15.9 Å². The van der Waals surface area contributed by atoms with Gasteiger partial charge in [0.05, 0.1) is 17.5 Å². The van der Waals surface area contributed by atoms with E-state index < -0.39 is 22.2 Å². The van der Waals surface area contributed by atoms with Crippen LogP contribution in [0.3, 0.4) is 0 Å². The summed E-state index contributed by atoms with van der Waals surface area (Å²) in [5, 5.41) is 9.27. The van der Waals surface area contributed by atoms with Crippen LogP contribution < -0.4 is 4.72 Å². The highest BCUT2D eigenvalue weighted by Crippen LogP contribution is 2.23. The third-order valence-electron chi connectivity index (χ3n) is 4.88. The summed E-state index contributed by atoms with van der Waals surface area (Å²) in [4.78, 5) is 27.2. The van der Waals surface area contributed by atoms with Crippen molar-refractivity contribution in [1.29, 1.82) is 0 Å². The van der Waals surface area contributed by atoms with Crippen molar-refractivity contribution in [3.8, 4) is 0 Å². The molecule has 1 aromatic carbocycles. The van der Waals surface area contributed by atoms with Gasteiger partial charge >= 0.3 is 6.09 Å². The number of fused-ring (bicyclic) bond motifs is 1. The predicted molar refractivity (Wildman–Crippen MR) is 100.0 cm³/mol. The molecule has 1 atom stereocenters. The Labute approximate surface area is 164 Å². The average Bonchev–Trinajstić information content (AvgIpc) is 3.05. The fourth-order valence-electron chi connectivity index (χ4n) is 3.23. The zero-order valence-corrected chi connectivity index (χ0v) is 16.6. The SMILES string of the molecule is C[C@@H](O)CCNS(=O)(=O)c1ccc2c(c1)CN(C(=O)CN1CCOC1=O)CC2. The normalized spacial score (nSPS) is 18.0. The van der Waals surface area contributed by atoms with Gasteiger partial charge < -0.3 is 14.7 Å². The molecule has 0 aromatic heterocycles. The van der Waals surface area contributed by atoms with Gasteiger partial charge in [-0.2, -0.15) is 0 Å². The number of nitrogens with zero attached hydrogens (tertiary/aromatic N) is 2. The summed E-state index contributed by atoms with van der Waals surface area (Å²) in [6.45, 7) is 3.22. The summed E-state index contributed by atoms with van der Waals surface area (Å²) >= 11 is 0. The van der Waals surface area contributed by atoms with Crippen molar-refractivity contribution < 1.29 is 27.9 Å². The van der Waals surface area contributed by atoms with Crippen molar-refractivity contribution in [3.05, 3.63) is 29.3 Å². The van der Waals surface area contributed by atoms with Crippen molar-refractivity contribution >= 4 is 22.0 Å². The molecule has 2 heterocycles. The largest absolute Gasteiger partial charge is 0.448 e. The molecule has 2 aliphatic rings. The van der Waals surface area contributed by atoms with Crippen molar-refractivity contribution in [2.75, 3.05) is 32.8 Å². The van der Waals surface area contributed by atoms with E-state index in [1.165, 1.54) is 4.90 Å². The molecular weight excluding hydrogens is 386 g/mol. The zero-order chi connectivity index (χ0) is 20.3. The molecule has 2 N–H and O–H groups in total. The van der Waals surface area contributed by atoms with Crippen LogP contribution in [-0.4, -0.2) is 74.2 Å². The molecule has 154 valence electrons. The van der Waals surface area contributed by atoms with Crippen LogP contribution in [0.2, 0.25) is 0 Å². The number of sulfonamides is 1. The number of amides is 2. The molecule has 28 heavy (non-hydrogen) atoms. The van der Waals surface area contributed by atoms with Gasteiger partial charge in [-0.25, -0.2) is 17.9 Å². The maximum absolute atomic E-state index is 12.5. The molecule has 1 fully saturated rings. The Bertz CT molecular complexity index is 855.